The van der Waals surface area contributed by atoms with Gasteiger partial charge >= 0.3 is 0 Å². The molecule has 2 saturated heterocycles. The van der Waals surface area contributed by atoms with Crippen LogP contribution in [0.2, 0.25) is 0 Å². The van der Waals surface area contributed by atoms with E-state index in [9.17, 15) is 10.0 Å². The number of hydrogen-bond donors (Lipinski definition) is 1. The second-order valence-corrected chi connectivity index (χ2v) is 7.76. The van der Waals surface area contributed by atoms with E-state index in [4.69, 9.17) is 0 Å². The van der Waals surface area contributed by atoms with Crippen LogP contribution in [0.25, 0.3) is 0 Å². The Kier molecular flexibility index (Phi) is 3.32. The van der Waals surface area contributed by atoms with Crippen LogP contribution in [-0.4, -0.2) is 46.8 Å². The van der Waals surface area contributed by atoms with E-state index in [1.807, 2.05) is 4.90 Å². The number of hydroxylamine groups is 2. The number of piperidine rings is 1. The Hall–Kier alpha value is -0.910. The molecule has 4 nitrogen and oxygen atoms in total. The van der Waals surface area contributed by atoms with E-state index in [0.29, 0.717) is 17.9 Å². The second kappa shape index (κ2) is 5.07. The van der Waals surface area contributed by atoms with Gasteiger partial charge in [-0.25, -0.2) is 0 Å². The number of carbonyl (C=O) groups is 1. The molecule has 2 atom stereocenters. The lowest BCUT2D eigenvalue weighted by atomic mass is 9.91. The molecule has 3 heterocycles. The number of rotatable bonds is 2. The van der Waals surface area contributed by atoms with Gasteiger partial charge in [-0.05, 0) is 59.9 Å². The molecular formula is C16H22N2O2S. The minimum absolute atomic E-state index is 0.130. The van der Waals surface area contributed by atoms with Gasteiger partial charge in [0, 0.05) is 25.6 Å². The molecule has 1 N–H and O–H groups in total. The van der Waals surface area contributed by atoms with Gasteiger partial charge in [-0.3, -0.25) is 4.79 Å². The van der Waals surface area contributed by atoms with Crippen LogP contribution in [0.4, 0.5) is 0 Å². The Morgan fingerprint density at radius 2 is 2.19 bits per heavy atom. The standard InChI is InChI=1S/C16H22N2O2S/c19-15(14-1-4-16(5-6-16)11-18(14)20)17-7-2-12(9-17)13-3-8-21-10-13/h3,8,10,12,14,20H,1-2,4-7,9,11H2. The fourth-order valence-electron chi connectivity index (χ4n) is 3.91. The Balaban J connectivity index is 1.39. The monoisotopic (exact) mass is 306 g/mol. The van der Waals surface area contributed by atoms with E-state index in [0.717, 1.165) is 32.4 Å². The average Bonchev–Trinajstić information content (AvgIpc) is 2.94. The molecule has 1 aromatic rings. The highest BCUT2D eigenvalue weighted by Crippen LogP contribution is 2.52. The summed E-state index contributed by atoms with van der Waals surface area (Å²) in [6.07, 6.45) is 5.39. The van der Waals surface area contributed by atoms with Gasteiger partial charge in [0.2, 0.25) is 5.91 Å². The van der Waals surface area contributed by atoms with E-state index < -0.39 is 0 Å². The van der Waals surface area contributed by atoms with E-state index in [1.54, 1.807) is 11.3 Å². The third-order valence-electron chi connectivity index (χ3n) is 5.56. The minimum atomic E-state index is -0.308. The van der Waals surface area contributed by atoms with Gasteiger partial charge in [-0.1, -0.05) is 0 Å². The van der Waals surface area contributed by atoms with Crippen molar-refractivity contribution in [2.24, 2.45) is 5.41 Å². The number of nitrogens with zero attached hydrogens (tertiary/aromatic N) is 2. The van der Waals surface area contributed by atoms with Gasteiger partial charge in [-0.2, -0.15) is 16.4 Å². The molecule has 2 aliphatic heterocycles. The van der Waals surface area contributed by atoms with Crippen molar-refractivity contribution in [1.82, 2.24) is 9.96 Å². The summed E-state index contributed by atoms with van der Waals surface area (Å²) in [6.45, 7) is 2.32. The smallest absolute Gasteiger partial charge is 0.242 e. The molecule has 0 radical (unpaired) electrons. The zero-order chi connectivity index (χ0) is 14.4. The first-order valence-corrected chi connectivity index (χ1v) is 8.88. The molecule has 0 aromatic carbocycles. The second-order valence-electron chi connectivity index (χ2n) is 6.98. The highest BCUT2D eigenvalue weighted by Gasteiger charge is 2.50. The van der Waals surface area contributed by atoms with Crippen LogP contribution in [-0.2, 0) is 4.79 Å². The molecule has 114 valence electrons. The van der Waals surface area contributed by atoms with Crippen molar-refractivity contribution < 1.29 is 10.0 Å². The van der Waals surface area contributed by atoms with Crippen LogP contribution in [0.1, 0.15) is 43.6 Å². The Labute approximate surface area is 129 Å². The zero-order valence-corrected chi connectivity index (χ0v) is 13.0. The highest BCUT2D eigenvalue weighted by atomic mass is 32.1. The quantitative estimate of drug-likeness (QED) is 0.913. The van der Waals surface area contributed by atoms with Crippen molar-refractivity contribution in [3.8, 4) is 0 Å². The zero-order valence-electron chi connectivity index (χ0n) is 12.2. The lowest BCUT2D eigenvalue weighted by Gasteiger charge is -2.36. The van der Waals surface area contributed by atoms with Crippen LogP contribution >= 0.6 is 11.3 Å². The molecule has 3 fully saturated rings. The van der Waals surface area contributed by atoms with Gasteiger partial charge in [0.15, 0.2) is 0 Å². The predicted octanol–water partition coefficient (Wildman–Crippen LogP) is 2.70. The molecule has 1 spiro atoms. The Bertz CT molecular complexity index is 526. The maximum Gasteiger partial charge on any atom is 0.242 e. The van der Waals surface area contributed by atoms with Crippen LogP contribution in [0.5, 0.6) is 0 Å². The molecule has 1 saturated carbocycles. The first-order chi connectivity index (χ1) is 10.2. The van der Waals surface area contributed by atoms with Gasteiger partial charge in [0.1, 0.15) is 6.04 Å². The van der Waals surface area contributed by atoms with Gasteiger partial charge in [0.05, 0.1) is 0 Å². The summed E-state index contributed by atoms with van der Waals surface area (Å²) < 4.78 is 0. The number of hydrogen-bond acceptors (Lipinski definition) is 4. The molecule has 2 unspecified atom stereocenters. The average molecular weight is 306 g/mol. The Morgan fingerprint density at radius 1 is 1.33 bits per heavy atom. The van der Waals surface area contributed by atoms with Gasteiger partial charge in [0.25, 0.3) is 0 Å². The van der Waals surface area contributed by atoms with Crippen LogP contribution < -0.4 is 0 Å². The number of amides is 1. The Morgan fingerprint density at radius 3 is 2.86 bits per heavy atom. The maximum atomic E-state index is 12.7. The molecule has 3 aliphatic rings. The van der Waals surface area contributed by atoms with E-state index in [-0.39, 0.29) is 11.9 Å². The molecular weight excluding hydrogens is 284 g/mol. The van der Waals surface area contributed by atoms with E-state index >= 15 is 0 Å². The lowest BCUT2D eigenvalue weighted by Crippen LogP contribution is -2.51. The molecule has 5 heteroatoms. The molecule has 1 amide bonds. The van der Waals surface area contributed by atoms with Crippen molar-refractivity contribution in [3.63, 3.8) is 0 Å². The summed E-state index contributed by atoms with van der Waals surface area (Å²) in [7, 11) is 0. The molecule has 21 heavy (non-hydrogen) atoms. The minimum Gasteiger partial charge on any atom is -0.341 e. The number of thiophene rings is 1. The fourth-order valence-corrected chi connectivity index (χ4v) is 4.65. The molecule has 0 bridgehead atoms. The first-order valence-electron chi connectivity index (χ1n) is 7.93. The molecule has 1 aromatic heterocycles. The number of carbonyl (C=O) groups excluding carboxylic acids is 1. The lowest BCUT2D eigenvalue weighted by molar-refractivity contribution is -0.179. The summed E-state index contributed by atoms with van der Waals surface area (Å²) in [6, 6.07) is 1.86. The summed E-state index contributed by atoms with van der Waals surface area (Å²) >= 11 is 1.72. The van der Waals surface area contributed by atoms with Crippen molar-refractivity contribution in [2.75, 3.05) is 19.6 Å². The van der Waals surface area contributed by atoms with Gasteiger partial charge in [-0.15, -0.1) is 0 Å². The highest BCUT2D eigenvalue weighted by molar-refractivity contribution is 7.07. The van der Waals surface area contributed by atoms with Gasteiger partial charge < -0.3 is 10.1 Å². The third-order valence-corrected chi connectivity index (χ3v) is 6.26. The number of likely N-dealkylation sites (tertiary alicyclic amines) is 1. The van der Waals surface area contributed by atoms with Crippen molar-refractivity contribution in [3.05, 3.63) is 22.4 Å². The van der Waals surface area contributed by atoms with Crippen LogP contribution in [0, 0.1) is 5.41 Å². The predicted molar refractivity (Wildman–Crippen MR) is 81.4 cm³/mol. The first kappa shape index (κ1) is 13.7. The SMILES string of the molecule is O=C(C1CCC2(CC2)CN1O)N1CCC(c2ccsc2)C1. The normalized spacial score (nSPS) is 31.8. The van der Waals surface area contributed by atoms with Crippen molar-refractivity contribution in [1.29, 1.82) is 0 Å². The summed E-state index contributed by atoms with van der Waals surface area (Å²) in [5.41, 5.74) is 1.70. The molecule has 4 rings (SSSR count). The summed E-state index contributed by atoms with van der Waals surface area (Å²) in [4.78, 5) is 14.6. The molecule has 1 aliphatic carbocycles. The third kappa shape index (κ3) is 2.51. The van der Waals surface area contributed by atoms with E-state index in [1.165, 1.54) is 23.5 Å². The topological polar surface area (TPSA) is 43.8 Å². The van der Waals surface area contributed by atoms with Crippen LogP contribution in [0.3, 0.4) is 0 Å². The summed E-state index contributed by atoms with van der Waals surface area (Å²) in [5, 5.41) is 15.8. The van der Waals surface area contributed by atoms with Crippen molar-refractivity contribution >= 4 is 17.2 Å². The largest absolute Gasteiger partial charge is 0.341 e. The maximum absolute atomic E-state index is 12.7. The van der Waals surface area contributed by atoms with Crippen LogP contribution in [0.15, 0.2) is 16.8 Å². The summed E-state index contributed by atoms with van der Waals surface area (Å²) in [5.74, 6) is 0.608. The van der Waals surface area contributed by atoms with Crippen molar-refractivity contribution in [2.45, 2.75) is 44.1 Å². The fraction of sp³-hybridized carbons (Fsp3) is 0.688. The van der Waals surface area contributed by atoms with E-state index in [2.05, 4.69) is 16.8 Å².